The molecule has 4 rings (SSSR count). The Labute approximate surface area is 180 Å². The molecule has 0 saturated heterocycles. The van der Waals surface area contributed by atoms with Crippen LogP contribution in [0.3, 0.4) is 0 Å². The lowest BCUT2D eigenvalue weighted by Gasteiger charge is -2.18. The molecule has 146 valence electrons. The molecule has 0 aliphatic rings. The molecule has 3 aromatic carbocycles. The number of aromatic nitrogens is 1. The number of nitrogens with zero attached hydrogens (tertiary/aromatic N) is 1. The zero-order valence-corrected chi connectivity index (χ0v) is 18.1. The zero-order chi connectivity index (χ0) is 20.1. The van der Waals surface area contributed by atoms with Crippen molar-refractivity contribution in [2.75, 3.05) is 0 Å². The Morgan fingerprint density at radius 1 is 0.862 bits per heavy atom. The number of benzene rings is 3. The number of aryl methyl sites for hydroxylation is 2. The van der Waals surface area contributed by atoms with Gasteiger partial charge in [0.25, 0.3) is 0 Å². The van der Waals surface area contributed by atoms with E-state index in [1.54, 1.807) is 0 Å². The summed E-state index contributed by atoms with van der Waals surface area (Å²) in [7, 11) is 0. The van der Waals surface area contributed by atoms with Gasteiger partial charge in [-0.25, -0.2) is 0 Å². The standard InChI is InChI=1S/C26H24BrNO/c1-19-25(26(29-28-19)22-14-16-24(27)17-15-22)18-23(21-10-6-3-7-11-21)13-12-20-8-4-2-5-9-20/h2-11,14-17,23H,12-13,18H2,1H3. The van der Waals surface area contributed by atoms with Gasteiger partial charge in [-0.1, -0.05) is 93.9 Å². The monoisotopic (exact) mass is 445 g/mol. The predicted molar refractivity (Wildman–Crippen MR) is 122 cm³/mol. The van der Waals surface area contributed by atoms with Crippen molar-refractivity contribution in [3.05, 3.63) is 112 Å². The van der Waals surface area contributed by atoms with Crippen LogP contribution in [-0.4, -0.2) is 5.16 Å². The molecule has 2 nitrogen and oxygen atoms in total. The molecular formula is C26H24BrNO. The minimum absolute atomic E-state index is 0.406. The summed E-state index contributed by atoms with van der Waals surface area (Å²) in [5.41, 5.74) is 5.99. The van der Waals surface area contributed by atoms with E-state index in [2.05, 4.69) is 93.9 Å². The molecule has 0 fully saturated rings. The van der Waals surface area contributed by atoms with E-state index in [0.717, 1.165) is 40.8 Å². The summed E-state index contributed by atoms with van der Waals surface area (Å²) in [5, 5.41) is 4.29. The fourth-order valence-electron chi connectivity index (χ4n) is 3.80. The Kier molecular flexibility index (Phi) is 6.26. The van der Waals surface area contributed by atoms with Gasteiger partial charge in [-0.15, -0.1) is 0 Å². The molecule has 0 N–H and O–H groups in total. The summed E-state index contributed by atoms with van der Waals surface area (Å²) in [6, 6.07) is 29.8. The van der Waals surface area contributed by atoms with Crippen LogP contribution in [-0.2, 0) is 12.8 Å². The maximum Gasteiger partial charge on any atom is 0.170 e. The molecule has 0 bridgehead atoms. The van der Waals surface area contributed by atoms with Crippen molar-refractivity contribution < 1.29 is 4.52 Å². The second-order valence-electron chi connectivity index (χ2n) is 7.42. The van der Waals surface area contributed by atoms with Crippen LogP contribution in [0.25, 0.3) is 11.3 Å². The number of halogens is 1. The first-order chi connectivity index (χ1) is 14.2. The summed E-state index contributed by atoms with van der Waals surface area (Å²) >= 11 is 3.51. The molecule has 1 unspecified atom stereocenters. The Morgan fingerprint density at radius 3 is 2.21 bits per heavy atom. The Balaban J connectivity index is 1.62. The van der Waals surface area contributed by atoms with Crippen molar-refractivity contribution in [1.82, 2.24) is 5.16 Å². The minimum Gasteiger partial charge on any atom is -0.356 e. The molecule has 0 radical (unpaired) electrons. The first kappa shape index (κ1) is 19.7. The summed E-state index contributed by atoms with van der Waals surface area (Å²) in [6.07, 6.45) is 3.05. The van der Waals surface area contributed by atoms with Crippen LogP contribution in [0.4, 0.5) is 0 Å². The molecule has 4 aromatic rings. The van der Waals surface area contributed by atoms with Crippen molar-refractivity contribution >= 4 is 15.9 Å². The zero-order valence-electron chi connectivity index (χ0n) is 16.5. The fourth-order valence-corrected chi connectivity index (χ4v) is 4.07. The average molecular weight is 446 g/mol. The van der Waals surface area contributed by atoms with Gasteiger partial charge in [-0.2, -0.15) is 0 Å². The summed E-state index contributed by atoms with van der Waals surface area (Å²) < 4.78 is 6.81. The van der Waals surface area contributed by atoms with Gasteiger partial charge in [0, 0.05) is 15.6 Å². The maximum absolute atomic E-state index is 5.76. The molecule has 1 aromatic heterocycles. The van der Waals surface area contributed by atoms with E-state index in [1.807, 2.05) is 19.1 Å². The predicted octanol–water partition coefficient (Wildman–Crippen LogP) is 7.37. The van der Waals surface area contributed by atoms with E-state index >= 15 is 0 Å². The minimum atomic E-state index is 0.406. The van der Waals surface area contributed by atoms with Crippen molar-refractivity contribution in [2.45, 2.75) is 32.1 Å². The molecule has 1 heterocycles. The van der Waals surface area contributed by atoms with E-state index in [1.165, 1.54) is 16.7 Å². The van der Waals surface area contributed by atoms with E-state index in [-0.39, 0.29) is 0 Å². The summed E-state index contributed by atoms with van der Waals surface area (Å²) in [6.45, 7) is 2.04. The highest BCUT2D eigenvalue weighted by Crippen LogP contribution is 2.33. The van der Waals surface area contributed by atoms with Gasteiger partial charge >= 0.3 is 0 Å². The van der Waals surface area contributed by atoms with Crippen LogP contribution in [0.5, 0.6) is 0 Å². The van der Waals surface area contributed by atoms with E-state index in [9.17, 15) is 0 Å². The molecule has 0 aliphatic heterocycles. The second-order valence-corrected chi connectivity index (χ2v) is 8.33. The highest BCUT2D eigenvalue weighted by molar-refractivity contribution is 9.10. The molecule has 3 heteroatoms. The third kappa shape index (κ3) is 4.86. The van der Waals surface area contributed by atoms with Crippen molar-refractivity contribution in [3.8, 4) is 11.3 Å². The highest BCUT2D eigenvalue weighted by Gasteiger charge is 2.21. The van der Waals surface area contributed by atoms with Gasteiger partial charge in [0.2, 0.25) is 0 Å². The Morgan fingerprint density at radius 2 is 1.52 bits per heavy atom. The first-order valence-corrected chi connectivity index (χ1v) is 10.8. The van der Waals surface area contributed by atoms with Crippen LogP contribution >= 0.6 is 15.9 Å². The quantitative estimate of drug-likeness (QED) is 0.296. The molecule has 0 amide bonds. The lowest BCUT2D eigenvalue weighted by atomic mass is 9.86. The third-order valence-electron chi connectivity index (χ3n) is 5.44. The van der Waals surface area contributed by atoms with Crippen molar-refractivity contribution in [1.29, 1.82) is 0 Å². The molecule has 1 atom stereocenters. The van der Waals surface area contributed by atoms with Crippen LogP contribution in [0.1, 0.15) is 34.7 Å². The normalized spacial score (nSPS) is 12.1. The fraction of sp³-hybridized carbons (Fsp3) is 0.192. The van der Waals surface area contributed by atoms with E-state index in [4.69, 9.17) is 4.52 Å². The highest BCUT2D eigenvalue weighted by atomic mass is 79.9. The molecule has 0 aliphatic carbocycles. The average Bonchev–Trinajstić information content (AvgIpc) is 3.13. The van der Waals surface area contributed by atoms with E-state index in [0.29, 0.717) is 5.92 Å². The van der Waals surface area contributed by atoms with Gasteiger partial charge < -0.3 is 4.52 Å². The van der Waals surface area contributed by atoms with E-state index < -0.39 is 0 Å². The molecular weight excluding hydrogens is 422 g/mol. The van der Waals surface area contributed by atoms with Gasteiger partial charge in [0.15, 0.2) is 5.76 Å². The summed E-state index contributed by atoms with van der Waals surface area (Å²) in [4.78, 5) is 0. The van der Waals surface area contributed by atoms with Gasteiger partial charge in [-0.3, -0.25) is 0 Å². The van der Waals surface area contributed by atoms with Gasteiger partial charge in [0.05, 0.1) is 5.69 Å². The van der Waals surface area contributed by atoms with Gasteiger partial charge in [0.1, 0.15) is 0 Å². The Hall–Kier alpha value is -2.65. The summed E-state index contributed by atoms with van der Waals surface area (Å²) in [5.74, 6) is 1.29. The molecule has 0 saturated carbocycles. The molecule has 29 heavy (non-hydrogen) atoms. The maximum atomic E-state index is 5.76. The SMILES string of the molecule is Cc1noc(-c2ccc(Br)cc2)c1CC(CCc1ccccc1)c1ccccc1. The Bertz CT molecular complexity index is 1040. The topological polar surface area (TPSA) is 26.0 Å². The number of hydrogen-bond donors (Lipinski definition) is 0. The number of rotatable bonds is 7. The van der Waals surface area contributed by atoms with Crippen LogP contribution in [0.15, 0.2) is 93.9 Å². The third-order valence-corrected chi connectivity index (χ3v) is 5.97. The van der Waals surface area contributed by atoms with Crippen molar-refractivity contribution in [3.63, 3.8) is 0 Å². The van der Waals surface area contributed by atoms with Crippen LogP contribution in [0.2, 0.25) is 0 Å². The van der Waals surface area contributed by atoms with Crippen LogP contribution in [0, 0.1) is 6.92 Å². The van der Waals surface area contributed by atoms with Crippen LogP contribution < -0.4 is 0 Å². The first-order valence-electron chi connectivity index (χ1n) is 10.0. The van der Waals surface area contributed by atoms with Crippen molar-refractivity contribution in [2.24, 2.45) is 0 Å². The lowest BCUT2D eigenvalue weighted by molar-refractivity contribution is 0.426. The molecule has 0 spiro atoms. The number of hydrogen-bond acceptors (Lipinski definition) is 2. The van der Waals surface area contributed by atoms with Gasteiger partial charge in [-0.05, 0) is 55.4 Å². The largest absolute Gasteiger partial charge is 0.356 e. The smallest absolute Gasteiger partial charge is 0.170 e. The lowest BCUT2D eigenvalue weighted by Crippen LogP contribution is -2.06. The second kappa shape index (κ2) is 9.23.